The molecule has 5 nitrogen and oxygen atoms in total. The van der Waals surface area contributed by atoms with Crippen molar-refractivity contribution in [3.05, 3.63) is 29.8 Å². The molecule has 5 heteroatoms. The molecule has 0 spiro atoms. The fraction of sp³-hybridized carbons (Fsp3) is 0.417. The number of aromatic nitrogens is 4. The number of hydrogen-bond donors (Lipinski definition) is 1. The third-order valence-corrected chi connectivity index (χ3v) is 2.50. The summed E-state index contributed by atoms with van der Waals surface area (Å²) >= 11 is 0. The summed E-state index contributed by atoms with van der Waals surface area (Å²) in [6, 6.07) is 1.88. The van der Waals surface area contributed by atoms with E-state index in [4.69, 9.17) is 0 Å². The molecule has 0 amide bonds. The monoisotopic (exact) mass is 231 g/mol. The van der Waals surface area contributed by atoms with Gasteiger partial charge in [-0.05, 0) is 26.3 Å². The van der Waals surface area contributed by atoms with E-state index >= 15 is 0 Å². The Bertz CT molecular complexity index is 490. The molecule has 0 radical (unpaired) electrons. The lowest BCUT2D eigenvalue weighted by Crippen LogP contribution is -2.10. The highest BCUT2D eigenvalue weighted by Gasteiger charge is 2.10. The van der Waals surface area contributed by atoms with Crippen LogP contribution in [0.15, 0.2) is 18.5 Å². The van der Waals surface area contributed by atoms with Crippen LogP contribution in [0, 0.1) is 13.8 Å². The number of anilines is 1. The molecule has 0 fully saturated rings. The normalized spacial score (nSPS) is 10.5. The van der Waals surface area contributed by atoms with Crippen LogP contribution in [-0.4, -0.2) is 26.3 Å². The highest BCUT2D eigenvalue weighted by molar-refractivity contribution is 5.51. The van der Waals surface area contributed by atoms with Crippen LogP contribution in [0.25, 0.3) is 5.82 Å². The minimum Gasteiger partial charge on any atom is -0.370 e. The Balaban J connectivity index is 2.42. The Kier molecular flexibility index (Phi) is 3.37. The molecule has 2 aromatic heterocycles. The zero-order valence-corrected chi connectivity index (χ0v) is 10.4. The molecule has 0 aromatic carbocycles. The van der Waals surface area contributed by atoms with Crippen molar-refractivity contribution in [2.45, 2.75) is 27.2 Å². The Morgan fingerprint density at radius 1 is 1.29 bits per heavy atom. The summed E-state index contributed by atoms with van der Waals surface area (Å²) in [7, 11) is 0. The van der Waals surface area contributed by atoms with Gasteiger partial charge in [-0.1, -0.05) is 6.92 Å². The van der Waals surface area contributed by atoms with E-state index in [2.05, 4.69) is 27.3 Å². The first-order valence-corrected chi connectivity index (χ1v) is 5.81. The standard InChI is InChI=1S/C12H17N5/c1-4-6-13-11-9(2)12(16-10(3)15-11)17-8-5-7-14-17/h5,7-8H,4,6H2,1-3H3,(H,13,15,16). The van der Waals surface area contributed by atoms with E-state index in [1.165, 1.54) is 0 Å². The van der Waals surface area contributed by atoms with Crippen molar-refractivity contribution in [2.24, 2.45) is 0 Å². The number of nitrogens with one attached hydrogen (secondary N) is 1. The van der Waals surface area contributed by atoms with E-state index < -0.39 is 0 Å². The predicted octanol–water partition coefficient (Wildman–Crippen LogP) is 2.10. The smallest absolute Gasteiger partial charge is 0.162 e. The van der Waals surface area contributed by atoms with E-state index in [9.17, 15) is 0 Å². The minimum atomic E-state index is 0.750. The molecule has 0 saturated carbocycles. The number of aryl methyl sites for hydroxylation is 1. The van der Waals surface area contributed by atoms with E-state index in [1.54, 1.807) is 10.9 Å². The SMILES string of the molecule is CCCNc1nc(C)nc(-n2cccn2)c1C. The summed E-state index contributed by atoms with van der Waals surface area (Å²) < 4.78 is 1.77. The van der Waals surface area contributed by atoms with Crippen LogP contribution in [0.1, 0.15) is 24.7 Å². The summed E-state index contributed by atoms with van der Waals surface area (Å²) in [6.45, 7) is 6.94. The van der Waals surface area contributed by atoms with Crippen molar-refractivity contribution in [3.63, 3.8) is 0 Å². The topological polar surface area (TPSA) is 55.6 Å². The third kappa shape index (κ3) is 2.43. The number of hydrogen-bond acceptors (Lipinski definition) is 4. The Hall–Kier alpha value is -1.91. The average Bonchev–Trinajstić information content (AvgIpc) is 2.83. The molecule has 0 aliphatic carbocycles. The maximum atomic E-state index is 4.43. The van der Waals surface area contributed by atoms with Gasteiger partial charge in [0, 0.05) is 24.5 Å². The Labute approximate surface area is 101 Å². The second-order valence-corrected chi connectivity index (χ2v) is 3.95. The first kappa shape index (κ1) is 11.6. The maximum Gasteiger partial charge on any atom is 0.162 e. The molecule has 90 valence electrons. The lowest BCUT2D eigenvalue weighted by molar-refractivity contribution is 0.816. The van der Waals surface area contributed by atoms with Crippen molar-refractivity contribution in [1.82, 2.24) is 19.7 Å². The Morgan fingerprint density at radius 2 is 2.12 bits per heavy atom. The van der Waals surface area contributed by atoms with Gasteiger partial charge >= 0.3 is 0 Å². The molecule has 17 heavy (non-hydrogen) atoms. The van der Waals surface area contributed by atoms with Crippen molar-refractivity contribution in [2.75, 3.05) is 11.9 Å². The highest BCUT2D eigenvalue weighted by atomic mass is 15.3. The molecule has 2 aromatic rings. The van der Waals surface area contributed by atoms with Crippen LogP contribution in [0.2, 0.25) is 0 Å². The minimum absolute atomic E-state index is 0.750. The summed E-state index contributed by atoms with van der Waals surface area (Å²) in [5.74, 6) is 2.48. The van der Waals surface area contributed by atoms with Gasteiger partial charge in [-0.3, -0.25) is 0 Å². The molecule has 0 bridgehead atoms. The molecule has 0 saturated heterocycles. The van der Waals surface area contributed by atoms with Gasteiger partial charge in [0.15, 0.2) is 5.82 Å². The van der Waals surface area contributed by atoms with Crippen molar-refractivity contribution in [1.29, 1.82) is 0 Å². The quantitative estimate of drug-likeness (QED) is 0.875. The van der Waals surface area contributed by atoms with Crippen LogP contribution < -0.4 is 5.32 Å². The summed E-state index contributed by atoms with van der Waals surface area (Å²) in [5, 5.41) is 7.52. The predicted molar refractivity (Wildman–Crippen MR) is 67.4 cm³/mol. The first-order valence-electron chi connectivity index (χ1n) is 5.81. The van der Waals surface area contributed by atoms with Crippen LogP contribution >= 0.6 is 0 Å². The zero-order valence-electron chi connectivity index (χ0n) is 10.4. The van der Waals surface area contributed by atoms with Gasteiger partial charge in [-0.15, -0.1) is 0 Å². The second-order valence-electron chi connectivity index (χ2n) is 3.95. The van der Waals surface area contributed by atoms with Crippen LogP contribution in [0.5, 0.6) is 0 Å². The average molecular weight is 231 g/mol. The van der Waals surface area contributed by atoms with Gasteiger partial charge in [0.25, 0.3) is 0 Å². The van der Waals surface area contributed by atoms with Crippen LogP contribution in [0.3, 0.4) is 0 Å². The summed E-state index contributed by atoms with van der Waals surface area (Å²) in [6.07, 6.45) is 4.70. The molecule has 0 atom stereocenters. The Morgan fingerprint density at radius 3 is 2.76 bits per heavy atom. The second kappa shape index (κ2) is 4.95. The lowest BCUT2D eigenvalue weighted by atomic mass is 10.3. The molecule has 2 heterocycles. The molecular formula is C12H17N5. The highest BCUT2D eigenvalue weighted by Crippen LogP contribution is 2.18. The maximum absolute atomic E-state index is 4.43. The van der Waals surface area contributed by atoms with Gasteiger partial charge in [0.2, 0.25) is 0 Å². The fourth-order valence-electron chi connectivity index (χ4n) is 1.65. The van der Waals surface area contributed by atoms with Crippen molar-refractivity contribution < 1.29 is 0 Å². The molecule has 0 aliphatic heterocycles. The van der Waals surface area contributed by atoms with E-state index in [0.717, 1.165) is 36.0 Å². The molecule has 0 aliphatic rings. The zero-order chi connectivity index (χ0) is 12.3. The number of rotatable bonds is 4. The van der Waals surface area contributed by atoms with E-state index in [0.29, 0.717) is 0 Å². The van der Waals surface area contributed by atoms with Crippen LogP contribution in [-0.2, 0) is 0 Å². The molecule has 1 N–H and O–H groups in total. The summed E-state index contributed by atoms with van der Waals surface area (Å²) in [4.78, 5) is 8.85. The van der Waals surface area contributed by atoms with Crippen molar-refractivity contribution >= 4 is 5.82 Å². The van der Waals surface area contributed by atoms with Crippen LogP contribution in [0.4, 0.5) is 5.82 Å². The van der Waals surface area contributed by atoms with Gasteiger partial charge in [-0.25, -0.2) is 14.6 Å². The van der Waals surface area contributed by atoms with Gasteiger partial charge < -0.3 is 5.32 Å². The van der Waals surface area contributed by atoms with Gasteiger partial charge in [0.1, 0.15) is 11.6 Å². The van der Waals surface area contributed by atoms with E-state index in [1.807, 2.05) is 26.1 Å². The first-order chi connectivity index (χ1) is 8.22. The molecular weight excluding hydrogens is 214 g/mol. The number of nitrogens with zero attached hydrogens (tertiary/aromatic N) is 4. The van der Waals surface area contributed by atoms with Gasteiger partial charge in [-0.2, -0.15) is 5.10 Å². The molecule has 2 rings (SSSR count). The largest absolute Gasteiger partial charge is 0.370 e. The third-order valence-electron chi connectivity index (χ3n) is 2.50. The fourth-order valence-corrected chi connectivity index (χ4v) is 1.65. The van der Waals surface area contributed by atoms with E-state index in [-0.39, 0.29) is 0 Å². The van der Waals surface area contributed by atoms with Gasteiger partial charge in [0.05, 0.1) is 0 Å². The lowest BCUT2D eigenvalue weighted by Gasteiger charge is -2.12. The summed E-state index contributed by atoms with van der Waals surface area (Å²) in [5.41, 5.74) is 1.02. The van der Waals surface area contributed by atoms with Crippen molar-refractivity contribution in [3.8, 4) is 5.82 Å². The molecule has 0 unspecified atom stereocenters.